The van der Waals surface area contributed by atoms with Gasteiger partial charge in [-0.05, 0) is 51.4 Å². The maximum Gasteiger partial charge on any atom is 0.249 e. The minimum absolute atomic E-state index is 0.0366. The fourth-order valence-electron chi connectivity index (χ4n) is 2.94. The molecule has 1 saturated carbocycles. The quantitative estimate of drug-likeness (QED) is 0.803. The second-order valence-corrected chi connectivity index (χ2v) is 6.37. The molecule has 0 aromatic carbocycles. The summed E-state index contributed by atoms with van der Waals surface area (Å²) in [5.74, 6) is 1.30. The first-order chi connectivity index (χ1) is 8.54. The van der Waals surface area contributed by atoms with Crippen LogP contribution in [-0.2, 0) is 9.53 Å². The number of rotatable bonds is 3. The summed E-state index contributed by atoms with van der Waals surface area (Å²) in [6.45, 7) is 4.29. The largest absolute Gasteiger partial charge is 0.365 e. The Labute approximate surface area is 115 Å². The molecule has 1 N–H and O–H groups in total. The van der Waals surface area contributed by atoms with Gasteiger partial charge in [0.1, 0.15) is 6.10 Å². The molecule has 3 nitrogen and oxygen atoms in total. The molecule has 2 unspecified atom stereocenters. The molecule has 0 aromatic rings. The van der Waals surface area contributed by atoms with E-state index in [0.717, 1.165) is 44.4 Å². The van der Waals surface area contributed by atoms with Crippen molar-refractivity contribution in [3.8, 4) is 0 Å². The molecular formula is C14H24ClNO2. The Morgan fingerprint density at radius 3 is 2.44 bits per heavy atom. The summed E-state index contributed by atoms with van der Waals surface area (Å²) in [6, 6.07) is 0. The van der Waals surface area contributed by atoms with Gasteiger partial charge in [-0.3, -0.25) is 4.79 Å². The number of carbonyl (C=O) groups is 1. The van der Waals surface area contributed by atoms with Crippen molar-refractivity contribution in [2.45, 2.75) is 70.1 Å². The van der Waals surface area contributed by atoms with E-state index < -0.39 is 0 Å². The first-order valence-corrected chi connectivity index (χ1v) is 7.61. The highest BCUT2D eigenvalue weighted by atomic mass is 35.5. The highest BCUT2D eigenvalue weighted by Gasteiger charge is 2.38. The lowest BCUT2D eigenvalue weighted by Gasteiger charge is -2.39. The number of carbonyl (C=O) groups excluding carboxylic acids is 1. The van der Waals surface area contributed by atoms with Gasteiger partial charge in [0, 0.05) is 5.88 Å². The van der Waals surface area contributed by atoms with Crippen LogP contribution >= 0.6 is 11.6 Å². The van der Waals surface area contributed by atoms with Gasteiger partial charge in [-0.15, -0.1) is 11.6 Å². The Hall–Kier alpha value is -0.280. The Balaban J connectivity index is 1.91. The molecule has 1 heterocycles. The van der Waals surface area contributed by atoms with E-state index in [2.05, 4.69) is 12.2 Å². The molecule has 1 saturated heterocycles. The Morgan fingerprint density at radius 2 is 1.94 bits per heavy atom. The average Bonchev–Trinajstić information content (AvgIpc) is 2.79. The summed E-state index contributed by atoms with van der Waals surface area (Å²) < 4.78 is 5.62. The van der Waals surface area contributed by atoms with Crippen LogP contribution in [0, 0.1) is 5.92 Å². The maximum absolute atomic E-state index is 12.2. The van der Waals surface area contributed by atoms with Crippen molar-refractivity contribution >= 4 is 17.5 Å². The zero-order valence-electron chi connectivity index (χ0n) is 11.4. The van der Waals surface area contributed by atoms with Crippen LogP contribution in [0.15, 0.2) is 0 Å². The summed E-state index contributed by atoms with van der Waals surface area (Å²) in [6.07, 6.45) is 6.03. The van der Waals surface area contributed by atoms with Gasteiger partial charge in [0.25, 0.3) is 0 Å². The first-order valence-electron chi connectivity index (χ1n) is 7.08. The third kappa shape index (κ3) is 3.18. The van der Waals surface area contributed by atoms with Gasteiger partial charge in [0.15, 0.2) is 0 Å². The van der Waals surface area contributed by atoms with Gasteiger partial charge in [0.05, 0.1) is 11.6 Å². The van der Waals surface area contributed by atoms with Gasteiger partial charge >= 0.3 is 0 Å². The van der Waals surface area contributed by atoms with Crippen LogP contribution in [0.25, 0.3) is 0 Å². The summed E-state index contributed by atoms with van der Waals surface area (Å²) >= 11 is 6.11. The number of nitrogens with one attached hydrogen (secondary N) is 1. The molecule has 2 rings (SSSR count). The first kappa shape index (κ1) is 14.1. The normalized spacial score (nSPS) is 40.7. The van der Waals surface area contributed by atoms with Crippen molar-refractivity contribution in [3.05, 3.63) is 0 Å². The second kappa shape index (κ2) is 5.79. The summed E-state index contributed by atoms with van der Waals surface area (Å²) in [5.41, 5.74) is -0.194. The predicted octanol–water partition coefficient (Wildman–Crippen LogP) is 2.86. The molecule has 104 valence electrons. The molecular weight excluding hydrogens is 250 g/mol. The molecule has 1 aliphatic heterocycles. The van der Waals surface area contributed by atoms with E-state index >= 15 is 0 Å². The Bertz CT molecular complexity index is 300. The van der Waals surface area contributed by atoms with E-state index in [1.165, 1.54) is 0 Å². The predicted molar refractivity (Wildman–Crippen MR) is 72.8 cm³/mol. The molecule has 0 radical (unpaired) electrons. The molecule has 18 heavy (non-hydrogen) atoms. The molecule has 2 atom stereocenters. The second-order valence-electron chi connectivity index (χ2n) is 6.10. The zero-order chi connectivity index (χ0) is 13.2. The molecule has 4 heteroatoms. The number of amides is 1. The van der Waals surface area contributed by atoms with E-state index in [-0.39, 0.29) is 23.7 Å². The number of hydrogen-bond acceptors (Lipinski definition) is 2. The van der Waals surface area contributed by atoms with Crippen LogP contribution in [-0.4, -0.2) is 29.5 Å². The van der Waals surface area contributed by atoms with Crippen molar-refractivity contribution in [1.29, 1.82) is 0 Å². The Kier molecular flexibility index (Phi) is 4.54. The molecule has 2 fully saturated rings. The standard InChI is InChI=1S/C14H24ClNO2/c1-10-5-7-14(9-15,8-6-10)16-13(17)12-4-3-11(2)18-12/h10-12H,3-9H2,1-2H3,(H,16,17). The summed E-state index contributed by atoms with van der Waals surface area (Å²) in [4.78, 5) is 12.2. The molecule has 1 aliphatic carbocycles. The van der Waals surface area contributed by atoms with E-state index in [4.69, 9.17) is 16.3 Å². The lowest BCUT2D eigenvalue weighted by Crippen LogP contribution is -2.54. The van der Waals surface area contributed by atoms with E-state index in [1.54, 1.807) is 0 Å². The Morgan fingerprint density at radius 1 is 1.28 bits per heavy atom. The molecule has 0 spiro atoms. The molecule has 0 aromatic heterocycles. The van der Waals surface area contributed by atoms with Gasteiger partial charge in [-0.2, -0.15) is 0 Å². The number of halogens is 1. The van der Waals surface area contributed by atoms with E-state index in [1.807, 2.05) is 6.92 Å². The van der Waals surface area contributed by atoms with Crippen LogP contribution in [0.1, 0.15) is 52.4 Å². The van der Waals surface area contributed by atoms with Crippen LogP contribution in [0.5, 0.6) is 0 Å². The van der Waals surface area contributed by atoms with Crippen molar-refractivity contribution in [3.63, 3.8) is 0 Å². The van der Waals surface area contributed by atoms with E-state index in [0.29, 0.717) is 5.88 Å². The zero-order valence-corrected chi connectivity index (χ0v) is 12.1. The highest BCUT2D eigenvalue weighted by Crippen LogP contribution is 2.33. The summed E-state index contributed by atoms with van der Waals surface area (Å²) in [5, 5.41) is 3.17. The van der Waals surface area contributed by atoms with Crippen molar-refractivity contribution < 1.29 is 9.53 Å². The minimum atomic E-state index is -0.264. The fourth-order valence-corrected chi connectivity index (χ4v) is 3.28. The third-order valence-electron chi connectivity index (χ3n) is 4.40. The molecule has 0 bridgehead atoms. The van der Waals surface area contributed by atoms with Gasteiger partial charge < -0.3 is 10.1 Å². The summed E-state index contributed by atoms with van der Waals surface area (Å²) in [7, 11) is 0. The average molecular weight is 274 g/mol. The van der Waals surface area contributed by atoms with E-state index in [9.17, 15) is 4.79 Å². The lowest BCUT2D eigenvalue weighted by atomic mass is 9.78. The number of alkyl halides is 1. The van der Waals surface area contributed by atoms with Crippen LogP contribution in [0.4, 0.5) is 0 Å². The van der Waals surface area contributed by atoms with Gasteiger partial charge in [-0.1, -0.05) is 6.92 Å². The van der Waals surface area contributed by atoms with Crippen molar-refractivity contribution in [2.75, 3.05) is 5.88 Å². The SMILES string of the molecule is CC1CCC(CCl)(NC(=O)C2CCC(C)O2)CC1. The maximum atomic E-state index is 12.2. The lowest BCUT2D eigenvalue weighted by molar-refractivity contribution is -0.134. The van der Waals surface area contributed by atoms with Crippen LogP contribution < -0.4 is 5.32 Å². The number of ether oxygens (including phenoxy) is 1. The third-order valence-corrected chi connectivity index (χ3v) is 4.91. The molecule has 2 aliphatic rings. The number of hydrogen-bond donors (Lipinski definition) is 1. The topological polar surface area (TPSA) is 38.3 Å². The monoisotopic (exact) mass is 273 g/mol. The van der Waals surface area contributed by atoms with Crippen molar-refractivity contribution in [1.82, 2.24) is 5.32 Å². The fraction of sp³-hybridized carbons (Fsp3) is 0.929. The van der Waals surface area contributed by atoms with Crippen molar-refractivity contribution in [2.24, 2.45) is 5.92 Å². The minimum Gasteiger partial charge on any atom is -0.365 e. The van der Waals surface area contributed by atoms with Gasteiger partial charge in [-0.25, -0.2) is 0 Å². The smallest absolute Gasteiger partial charge is 0.249 e. The van der Waals surface area contributed by atoms with Crippen LogP contribution in [0.2, 0.25) is 0 Å². The highest BCUT2D eigenvalue weighted by molar-refractivity contribution is 6.18. The van der Waals surface area contributed by atoms with Crippen LogP contribution in [0.3, 0.4) is 0 Å². The van der Waals surface area contributed by atoms with Gasteiger partial charge in [0.2, 0.25) is 5.91 Å². The molecule has 1 amide bonds.